The molecule has 1 aromatic rings. The monoisotopic (exact) mass is 291 g/mol. The van der Waals surface area contributed by atoms with E-state index in [4.69, 9.17) is 0 Å². The van der Waals surface area contributed by atoms with Gasteiger partial charge in [0.2, 0.25) is 0 Å². The predicted molar refractivity (Wildman–Crippen MR) is 64.7 cm³/mol. The van der Waals surface area contributed by atoms with Gasteiger partial charge in [-0.25, -0.2) is 13.2 Å². The molecule has 0 aromatic heterocycles. The van der Waals surface area contributed by atoms with Crippen molar-refractivity contribution in [1.29, 1.82) is 0 Å². The number of nitrogens with one attached hydrogen (secondary N) is 1. The van der Waals surface area contributed by atoms with E-state index in [1.54, 1.807) is 0 Å². The minimum Gasteiger partial charge on any atom is -0.349 e. The molecule has 0 radical (unpaired) electrons. The predicted octanol–water partition coefficient (Wildman–Crippen LogP) is 1.74. The zero-order valence-corrected chi connectivity index (χ0v) is 10.7. The topological polar surface area (TPSA) is 46.2 Å². The van der Waals surface area contributed by atoms with E-state index in [9.17, 15) is 22.2 Å². The van der Waals surface area contributed by atoms with E-state index < -0.39 is 34.2 Å². The molecule has 1 N–H and O–H groups in total. The van der Waals surface area contributed by atoms with Gasteiger partial charge in [-0.05, 0) is 25.0 Å². The highest BCUT2D eigenvalue weighted by atomic mass is 32.2. The number of hydrogen-bond donors (Lipinski definition) is 1. The average Bonchev–Trinajstić information content (AvgIpc) is 2.38. The molecule has 1 aliphatic rings. The lowest BCUT2D eigenvalue weighted by Crippen LogP contribution is -2.39. The van der Waals surface area contributed by atoms with Gasteiger partial charge in [0.25, 0.3) is 5.91 Å². The van der Waals surface area contributed by atoms with Gasteiger partial charge in [0.15, 0.2) is 17.5 Å². The van der Waals surface area contributed by atoms with Gasteiger partial charge in [0.05, 0.1) is 0 Å². The third-order valence-corrected chi connectivity index (χ3v) is 4.35. The lowest BCUT2D eigenvalue weighted by molar-refractivity contribution is 0.0933. The second-order valence-corrected chi connectivity index (χ2v) is 6.05. The first kappa shape index (κ1) is 14.0. The molecule has 1 heterocycles. The Labute approximate surface area is 110 Å². The van der Waals surface area contributed by atoms with Crippen molar-refractivity contribution < 1.29 is 22.2 Å². The van der Waals surface area contributed by atoms with Crippen LogP contribution in [-0.4, -0.2) is 27.7 Å². The Morgan fingerprint density at radius 2 is 1.68 bits per heavy atom. The molecular formula is C12H12F3NO2S. The fourth-order valence-electron chi connectivity index (χ4n) is 1.89. The summed E-state index contributed by atoms with van der Waals surface area (Å²) in [7, 11) is -0.852. The van der Waals surface area contributed by atoms with Crippen molar-refractivity contribution in [3.8, 4) is 0 Å². The summed E-state index contributed by atoms with van der Waals surface area (Å²) in [4.78, 5) is 11.8. The highest BCUT2D eigenvalue weighted by Crippen LogP contribution is 2.15. The maximum absolute atomic E-state index is 13.0. The van der Waals surface area contributed by atoms with Crippen LogP contribution in [0.5, 0.6) is 0 Å². The largest absolute Gasteiger partial charge is 0.349 e. The van der Waals surface area contributed by atoms with Crippen LogP contribution in [-0.2, 0) is 10.8 Å². The van der Waals surface area contributed by atoms with Crippen LogP contribution in [0, 0.1) is 17.5 Å². The van der Waals surface area contributed by atoms with Crippen LogP contribution >= 0.6 is 0 Å². The van der Waals surface area contributed by atoms with Crippen LogP contribution in [0.4, 0.5) is 13.2 Å². The Kier molecular flexibility index (Phi) is 4.24. The minimum atomic E-state index is -1.59. The van der Waals surface area contributed by atoms with Gasteiger partial charge < -0.3 is 5.32 Å². The van der Waals surface area contributed by atoms with Crippen molar-refractivity contribution in [2.45, 2.75) is 18.9 Å². The Morgan fingerprint density at radius 1 is 1.16 bits per heavy atom. The second kappa shape index (κ2) is 5.73. The molecule has 1 saturated heterocycles. The second-order valence-electron chi connectivity index (χ2n) is 4.35. The highest BCUT2D eigenvalue weighted by Gasteiger charge is 2.21. The summed E-state index contributed by atoms with van der Waals surface area (Å²) in [6.45, 7) is 0. The zero-order chi connectivity index (χ0) is 14.0. The first-order chi connectivity index (χ1) is 8.97. The van der Waals surface area contributed by atoms with E-state index >= 15 is 0 Å². The van der Waals surface area contributed by atoms with Gasteiger partial charge in [-0.2, -0.15) is 0 Å². The molecule has 1 fully saturated rings. The summed E-state index contributed by atoms with van der Waals surface area (Å²) in [5.74, 6) is -4.04. The molecule has 1 aliphatic heterocycles. The van der Waals surface area contributed by atoms with Gasteiger partial charge in [-0.15, -0.1) is 0 Å². The van der Waals surface area contributed by atoms with Crippen LogP contribution in [0.3, 0.4) is 0 Å². The molecule has 7 heteroatoms. The number of benzene rings is 1. The fourth-order valence-corrected chi connectivity index (χ4v) is 3.19. The van der Waals surface area contributed by atoms with Gasteiger partial charge in [0, 0.05) is 33.9 Å². The molecule has 3 nitrogen and oxygen atoms in total. The number of amides is 1. The van der Waals surface area contributed by atoms with Crippen LogP contribution in [0.15, 0.2) is 12.1 Å². The number of rotatable bonds is 2. The van der Waals surface area contributed by atoms with E-state index in [0.717, 1.165) is 0 Å². The minimum absolute atomic E-state index is 0.165. The maximum Gasteiger partial charge on any atom is 0.251 e. The van der Waals surface area contributed by atoms with Crippen LogP contribution < -0.4 is 5.32 Å². The molecule has 0 atom stereocenters. The zero-order valence-electron chi connectivity index (χ0n) is 9.92. The van der Waals surface area contributed by atoms with Gasteiger partial charge in [-0.3, -0.25) is 9.00 Å². The van der Waals surface area contributed by atoms with Gasteiger partial charge in [0.1, 0.15) is 0 Å². The summed E-state index contributed by atoms with van der Waals surface area (Å²) >= 11 is 0. The number of carbonyl (C=O) groups is 1. The van der Waals surface area contributed by atoms with Crippen molar-refractivity contribution in [3.05, 3.63) is 35.1 Å². The summed E-state index contributed by atoms with van der Waals surface area (Å²) < 4.78 is 49.9. The van der Waals surface area contributed by atoms with Crippen molar-refractivity contribution in [3.63, 3.8) is 0 Å². The van der Waals surface area contributed by atoms with Crippen LogP contribution in [0.1, 0.15) is 23.2 Å². The average molecular weight is 291 g/mol. The summed E-state index contributed by atoms with van der Waals surface area (Å²) in [5, 5.41) is 2.60. The number of halogens is 3. The third kappa shape index (κ3) is 3.34. The smallest absolute Gasteiger partial charge is 0.251 e. The fraction of sp³-hybridized carbons (Fsp3) is 0.417. The lowest BCUT2D eigenvalue weighted by atomic mass is 10.1. The van der Waals surface area contributed by atoms with Crippen molar-refractivity contribution in [1.82, 2.24) is 5.32 Å². The van der Waals surface area contributed by atoms with Crippen molar-refractivity contribution >= 4 is 16.7 Å². The van der Waals surface area contributed by atoms with Crippen molar-refractivity contribution in [2.24, 2.45) is 0 Å². The molecule has 1 amide bonds. The lowest BCUT2D eigenvalue weighted by Gasteiger charge is -2.22. The quantitative estimate of drug-likeness (QED) is 0.844. The van der Waals surface area contributed by atoms with Gasteiger partial charge >= 0.3 is 0 Å². The molecule has 104 valence electrons. The van der Waals surface area contributed by atoms with Crippen LogP contribution in [0.2, 0.25) is 0 Å². The Bertz CT molecular complexity index is 503. The van der Waals surface area contributed by atoms with E-state index in [2.05, 4.69) is 5.32 Å². The van der Waals surface area contributed by atoms with E-state index in [0.29, 0.717) is 36.5 Å². The maximum atomic E-state index is 13.0. The molecule has 0 aliphatic carbocycles. The molecule has 0 unspecified atom stereocenters. The summed E-state index contributed by atoms with van der Waals surface area (Å²) in [6, 6.07) is 1.16. The first-order valence-corrected chi connectivity index (χ1v) is 7.26. The van der Waals surface area contributed by atoms with E-state index in [-0.39, 0.29) is 11.6 Å². The summed E-state index contributed by atoms with van der Waals surface area (Å²) in [5.41, 5.74) is -0.261. The molecule has 2 rings (SSSR count). The first-order valence-electron chi connectivity index (χ1n) is 5.77. The van der Waals surface area contributed by atoms with Crippen molar-refractivity contribution in [2.75, 3.05) is 11.5 Å². The standard InChI is InChI=1S/C12H12F3NO2S/c13-9-5-7(6-10(14)11(9)15)12(17)16-8-1-3-19(18)4-2-8/h5-6,8H,1-4H2,(H,16,17). The SMILES string of the molecule is O=C(NC1CCS(=O)CC1)c1cc(F)c(F)c(F)c1. The Morgan fingerprint density at radius 3 is 2.21 bits per heavy atom. The third-order valence-electron chi connectivity index (χ3n) is 2.97. The van der Waals surface area contributed by atoms with E-state index in [1.807, 2.05) is 0 Å². The van der Waals surface area contributed by atoms with Gasteiger partial charge in [-0.1, -0.05) is 0 Å². The summed E-state index contributed by atoms with van der Waals surface area (Å²) in [6.07, 6.45) is 1.12. The Hall–Kier alpha value is -1.37. The Balaban J connectivity index is 2.06. The van der Waals surface area contributed by atoms with Crippen LogP contribution in [0.25, 0.3) is 0 Å². The highest BCUT2D eigenvalue weighted by molar-refractivity contribution is 7.85. The molecule has 0 saturated carbocycles. The van der Waals surface area contributed by atoms with E-state index in [1.165, 1.54) is 0 Å². The normalized spacial score (nSPS) is 23.1. The molecular weight excluding hydrogens is 279 g/mol. The number of carbonyl (C=O) groups excluding carboxylic acids is 1. The molecule has 0 spiro atoms. The molecule has 0 bridgehead atoms. The molecule has 19 heavy (non-hydrogen) atoms. The number of hydrogen-bond acceptors (Lipinski definition) is 2. The molecule has 1 aromatic carbocycles.